The van der Waals surface area contributed by atoms with E-state index in [2.05, 4.69) is 10.2 Å². The molecule has 110 valence electrons. The molecule has 19 heavy (non-hydrogen) atoms. The maximum absolute atomic E-state index is 12.0. The molecule has 0 saturated heterocycles. The van der Waals surface area contributed by atoms with Gasteiger partial charge in [-0.15, -0.1) is 0 Å². The fourth-order valence-corrected chi connectivity index (χ4v) is 2.74. The van der Waals surface area contributed by atoms with Crippen molar-refractivity contribution in [2.24, 2.45) is 5.92 Å². The Morgan fingerprint density at radius 3 is 2.53 bits per heavy atom. The van der Waals surface area contributed by atoms with E-state index in [0.717, 1.165) is 31.5 Å². The normalized spacial score (nSPS) is 22.3. The Kier molecular flexibility index (Phi) is 4.85. The van der Waals surface area contributed by atoms with E-state index in [9.17, 15) is 4.79 Å². The Morgan fingerprint density at radius 2 is 2.05 bits per heavy atom. The third kappa shape index (κ3) is 4.18. The molecule has 2 fully saturated rings. The number of methoxy groups -OCH3 is 1. The summed E-state index contributed by atoms with van der Waals surface area (Å²) in [5.41, 5.74) is -0.541. The Morgan fingerprint density at radius 1 is 1.37 bits per heavy atom. The second-order valence-electron chi connectivity index (χ2n) is 6.27. The van der Waals surface area contributed by atoms with E-state index in [0.29, 0.717) is 0 Å². The van der Waals surface area contributed by atoms with Crippen LogP contribution in [0.4, 0.5) is 0 Å². The average Bonchev–Trinajstić information content (AvgIpc) is 3.26. The Balaban J connectivity index is 1.86. The molecule has 0 aromatic carbocycles. The summed E-state index contributed by atoms with van der Waals surface area (Å²) in [6.07, 6.45) is 6.29. The molecule has 0 aromatic rings. The van der Waals surface area contributed by atoms with Crippen molar-refractivity contribution in [3.8, 4) is 0 Å². The van der Waals surface area contributed by atoms with E-state index in [1.807, 2.05) is 13.8 Å². The van der Waals surface area contributed by atoms with Crippen molar-refractivity contribution in [3.63, 3.8) is 0 Å². The van der Waals surface area contributed by atoms with E-state index < -0.39 is 5.54 Å². The van der Waals surface area contributed by atoms with Crippen molar-refractivity contribution >= 4 is 5.97 Å². The summed E-state index contributed by atoms with van der Waals surface area (Å²) < 4.78 is 4.95. The Labute approximate surface area is 116 Å². The van der Waals surface area contributed by atoms with Crippen LogP contribution in [0.3, 0.4) is 0 Å². The van der Waals surface area contributed by atoms with Crippen molar-refractivity contribution in [1.29, 1.82) is 0 Å². The van der Waals surface area contributed by atoms with Crippen molar-refractivity contribution in [2.45, 2.75) is 57.5 Å². The Bertz CT molecular complexity index is 313. The Hall–Kier alpha value is -0.610. The number of carbonyl (C=O) groups excluding carboxylic acids is 1. The fraction of sp³-hybridized carbons (Fsp3) is 0.933. The fourth-order valence-electron chi connectivity index (χ4n) is 2.74. The van der Waals surface area contributed by atoms with Gasteiger partial charge in [0.2, 0.25) is 0 Å². The highest BCUT2D eigenvalue weighted by Gasteiger charge is 2.37. The minimum Gasteiger partial charge on any atom is -0.468 e. The van der Waals surface area contributed by atoms with Gasteiger partial charge in [0, 0.05) is 19.1 Å². The first-order valence-corrected chi connectivity index (χ1v) is 7.66. The van der Waals surface area contributed by atoms with Crippen LogP contribution in [0.25, 0.3) is 0 Å². The van der Waals surface area contributed by atoms with Gasteiger partial charge >= 0.3 is 5.97 Å². The van der Waals surface area contributed by atoms with Crippen molar-refractivity contribution in [1.82, 2.24) is 10.2 Å². The number of rotatable bonds is 9. The van der Waals surface area contributed by atoms with Crippen LogP contribution in [0.5, 0.6) is 0 Å². The molecule has 0 spiro atoms. The first kappa shape index (κ1) is 14.8. The second kappa shape index (κ2) is 6.23. The molecular formula is C15H28N2O2. The second-order valence-corrected chi connectivity index (χ2v) is 6.27. The monoisotopic (exact) mass is 268 g/mol. The van der Waals surface area contributed by atoms with Gasteiger partial charge < -0.3 is 15.0 Å². The van der Waals surface area contributed by atoms with Crippen LogP contribution >= 0.6 is 0 Å². The van der Waals surface area contributed by atoms with Crippen LogP contribution in [0, 0.1) is 5.92 Å². The van der Waals surface area contributed by atoms with Gasteiger partial charge in [0.05, 0.1) is 7.11 Å². The molecule has 0 aromatic heterocycles. The van der Waals surface area contributed by atoms with Gasteiger partial charge in [-0.1, -0.05) is 6.92 Å². The van der Waals surface area contributed by atoms with Crippen molar-refractivity contribution < 1.29 is 9.53 Å². The predicted molar refractivity (Wildman–Crippen MR) is 76.0 cm³/mol. The number of hydrogen-bond donors (Lipinski definition) is 1. The molecule has 0 heterocycles. The molecule has 0 bridgehead atoms. The zero-order valence-corrected chi connectivity index (χ0v) is 12.6. The molecule has 2 rings (SSSR count). The summed E-state index contributed by atoms with van der Waals surface area (Å²) in [6.45, 7) is 7.01. The number of esters is 1. The first-order valence-electron chi connectivity index (χ1n) is 7.66. The molecule has 2 saturated carbocycles. The van der Waals surface area contributed by atoms with Gasteiger partial charge in [-0.3, -0.25) is 4.79 Å². The third-order valence-corrected chi connectivity index (χ3v) is 4.35. The lowest BCUT2D eigenvalue weighted by Gasteiger charge is -2.31. The SMILES string of the molecule is CCNC(C)(CCN(CC1CC1)C1CC1)C(=O)OC. The quantitative estimate of drug-likeness (QED) is 0.647. The number of hydrogen-bond acceptors (Lipinski definition) is 4. The summed E-state index contributed by atoms with van der Waals surface area (Å²) in [7, 11) is 1.47. The van der Waals surface area contributed by atoms with Gasteiger partial charge in [0.25, 0.3) is 0 Å². The van der Waals surface area contributed by atoms with E-state index >= 15 is 0 Å². The first-order chi connectivity index (χ1) is 9.09. The van der Waals surface area contributed by atoms with Gasteiger partial charge in [-0.05, 0) is 51.5 Å². The molecule has 0 amide bonds. The number of ether oxygens (including phenoxy) is 1. The van der Waals surface area contributed by atoms with Gasteiger partial charge in [-0.25, -0.2) is 0 Å². The minimum absolute atomic E-state index is 0.142. The summed E-state index contributed by atoms with van der Waals surface area (Å²) in [5, 5.41) is 3.29. The van der Waals surface area contributed by atoms with Crippen LogP contribution in [0.15, 0.2) is 0 Å². The zero-order valence-electron chi connectivity index (χ0n) is 12.6. The standard InChI is InChI=1S/C15H28N2O2/c1-4-16-15(2,14(18)19-3)9-10-17(13-7-8-13)11-12-5-6-12/h12-13,16H,4-11H2,1-3H3. The molecule has 4 heteroatoms. The number of nitrogens with one attached hydrogen (secondary N) is 1. The van der Waals surface area contributed by atoms with Crippen molar-refractivity contribution in [2.75, 3.05) is 26.7 Å². The predicted octanol–water partition coefficient (Wildman–Crippen LogP) is 1.79. The highest BCUT2D eigenvalue weighted by Crippen LogP contribution is 2.35. The number of carbonyl (C=O) groups is 1. The molecule has 1 N–H and O–H groups in total. The lowest BCUT2D eigenvalue weighted by Crippen LogP contribution is -2.52. The van der Waals surface area contributed by atoms with Gasteiger partial charge in [0.1, 0.15) is 5.54 Å². The maximum Gasteiger partial charge on any atom is 0.325 e. The molecule has 1 atom stereocenters. The summed E-state index contributed by atoms with van der Waals surface area (Å²) in [4.78, 5) is 14.5. The lowest BCUT2D eigenvalue weighted by molar-refractivity contribution is -0.148. The van der Waals surface area contributed by atoms with E-state index in [1.165, 1.54) is 39.3 Å². The molecule has 2 aliphatic carbocycles. The van der Waals surface area contributed by atoms with Crippen LogP contribution in [-0.2, 0) is 9.53 Å². The van der Waals surface area contributed by atoms with E-state index in [-0.39, 0.29) is 5.97 Å². The average molecular weight is 268 g/mol. The largest absolute Gasteiger partial charge is 0.468 e. The number of likely N-dealkylation sites (N-methyl/N-ethyl adjacent to an activating group) is 1. The lowest BCUT2D eigenvalue weighted by atomic mass is 9.97. The smallest absolute Gasteiger partial charge is 0.325 e. The van der Waals surface area contributed by atoms with Crippen molar-refractivity contribution in [3.05, 3.63) is 0 Å². The molecule has 0 radical (unpaired) electrons. The molecule has 0 aliphatic heterocycles. The van der Waals surface area contributed by atoms with E-state index in [4.69, 9.17) is 4.74 Å². The van der Waals surface area contributed by atoms with Crippen LogP contribution in [0.1, 0.15) is 46.0 Å². The van der Waals surface area contributed by atoms with Crippen LogP contribution in [0.2, 0.25) is 0 Å². The maximum atomic E-state index is 12.0. The highest BCUT2D eigenvalue weighted by atomic mass is 16.5. The highest BCUT2D eigenvalue weighted by molar-refractivity contribution is 5.80. The summed E-state index contributed by atoms with van der Waals surface area (Å²) >= 11 is 0. The molecule has 1 unspecified atom stereocenters. The van der Waals surface area contributed by atoms with E-state index in [1.54, 1.807) is 0 Å². The third-order valence-electron chi connectivity index (χ3n) is 4.35. The van der Waals surface area contributed by atoms with Crippen LogP contribution in [-0.4, -0.2) is 49.2 Å². The summed E-state index contributed by atoms with van der Waals surface area (Å²) in [5.74, 6) is 0.778. The molecule has 2 aliphatic rings. The minimum atomic E-state index is -0.541. The summed E-state index contributed by atoms with van der Waals surface area (Å²) in [6, 6.07) is 0.782. The van der Waals surface area contributed by atoms with Crippen LogP contribution < -0.4 is 5.32 Å². The zero-order chi connectivity index (χ0) is 13.9. The molecule has 4 nitrogen and oxygen atoms in total. The van der Waals surface area contributed by atoms with Gasteiger partial charge in [-0.2, -0.15) is 0 Å². The number of nitrogens with zero attached hydrogens (tertiary/aromatic N) is 1. The van der Waals surface area contributed by atoms with Gasteiger partial charge in [0.15, 0.2) is 0 Å². The topological polar surface area (TPSA) is 41.6 Å². The molecular weight excluding hydrogens is 240 g/mol.